The van der Waals surface area contributed by atoms with Gasteiger partial charge in [0.15, 0.2) is 9.84 Å². The lowest BCUT2D eigenvalue weighted by molar-refractivity contribution is 0.601. The predicted molar refractivity (Wildman–Crippen MR) is 83.7 cm³/mol. The van der Waals surface area contributed by atoms with Gasteiger partial charge in [-0.3, -0.25) is 0 Å². The molecule has 0 saturated heterocycles. The summed E-state index contributed by atoms with van der Waals surface area (Å²) in [6.07, 6.45) is 1.16. The lowest BCUT2D eigenvalue weighted by Gasteiger charge is -2.12. The van der Waals surface area contributed by atoms with Gasteiger partial charge in [-0.2, -0.15) is 0 Å². The zero-order chi connectivity index (χ0) is 14.9. The first-order chi connectivity index (χ1) is 9.29. The molecule has 0 aliphatic carbocycles. The Kier molecular flexibility index (Phi) is 4.65. The topological polar surface area (TPSA) is 34.1 Å². The third kappa shape index (κ3) is 3.47. The summed E-state index contributed by atoms with van der Waals surface area (Å²) in [5, 5.41) is 0.365. The highest BCUT2D eigenvalue weighted by Gasteiger charge is 2.15. The minimum atomic E-state index is -3.26. The molecule has 20 heavy (non-hydrogen) atoms. The molecule has 2 aromatic rings. The molecule has 2 aromatic carbocycles. The second-order valence-corrected chi connectivity index (χ2v) is 7.65. The maximum Gasteiger partial charge on any atom is 0.175 e. The average molecular weight is 350 g/mol. The highest BCUT2D eigenvalue weighted by Crippen LogP contribution is 2.33. The fourth-order valence-electron chi connectivity index (χ4n) is 1.77. The van der Waals surface area contributed by atoms with Crippen LogP contribution in [0.25, 0.3) is 0 Å². The first-order valence-electron chi connectivity index (χ1n) is 5.68. The van der Waals surface area contributed by atoms with E-state index >= 15 is 0 Å². The highest BCUT2D eigenvalue weighted by atomic mass is 35.5. The van der Waals surface area contributed by atoms with Gasteiger partial charge in [0.05, 0.1) is 20.3 Å². The predicted octanol–water partition coefficient (Wildman–Crippen LogP) is 4.73. The molecule has 0 saturated carbocycles. The fraction of sp³-hybridized carbons (Fsp3) is 0.143. The van der Waals surface area contributed by atoms with E-state index in [1.54, 1.807) is 36.4 Å². The smallest absolute Gasteiger partial charge is 0.175 e. The molecule has 0 aliphatic heterocycles. The number of alkyl halides is 1. The summed E-state index contributed by atoms with van der Waals surface area (Å²) in [5.74, 6) is 0. The molecule has 6 heteroatoms. The molecule has 0 spiro atoms. The Morgan fingerprint density at radius 2 is 1.60 bits per heavy atom. The van der Waals surface area contributed by atoms with Crippen LogP contribution in [0.1, 0.15) is 16.5 Å². The molecule has 0 heterocycles. The van der Waals surface area contributed by atoms with Crippen molar-refractivity contribution in [1.29, 1.82) is 0 Å². The minimum absolute atomic E-state index is 0.237. The van der Waals surface area contributed by atoms with Crippen molar-refractivity contribution in [2.45, 2.75) is 10.3 Å². The molecular weight excluding hydrogens is 339 g/mol. The van der Waals surface area contributed by atoms with Gasteiger partial charge in [-0.1, -0.05) is 41.4 Å². The van der Waals surface area contributed by atoms with E-state index in [0.29, 0.717) is 15.6 Å². The largest absolute Gasteiger partial charge is 0.224 e. The normalized spacial score (nSPS) is 13.2. The van der Waals surface area contributed by atoms with Gasteiger partial charge in [0.25, 0.3) is 0 Å². The number of halogens is 3. The fourth-order valence-corrected chi connectivity index (χ4v) is 3.02. The van der Waals surface area contributed by atoms with Crippen LogP contribution in [0.5, 0.6) is 0 Å². The summed E-state index contributed by atoms with van der Waals surface area (Å²) in [6, 6.07) is 11.6. The Morgan fingerprint density at radius 3 is 2.20 bits per heavy atom. The molecule has 1 atom stereocenters. The van der Waals surface area contributed by atoms with E-state index in [0.717, 1.165) is 11.8 Å². The number of sulfone groups is 1. The summed E-state index contributed by atoms with van der Waals surface area (Å²) in [4.78, 5) is 0.237. The molecule has 0 aliphatic rings. The SMILES string of the molecule is CS(=O)(=O)c1cccc(C(Cl)c2ccc(Cl)c(Cl)c2)c1. The van der Waals surface area contributed by atoms with Gasteiger partial charge in [-0.05, 0) is 35.4 Å². The second kappa shape index (κ2) is 5.94. The number of hydrogen-bond donors (Lipinski definition) is 0. The van der Waals surface area contributed by atoms with Crippen LogP contribution in [-0.4, -0.2) is 14.7 Å². The van der Waals surface area contributed by atoms with Gasteiger partial charge >= 0.3 is 0 Å². The summed E-state index contributed by atoms with van der Waals surface area (Å²) < 4.78 is 23.1. The summed E-state index contributed by atoms with van der Waals surface area (Å²) in [7, 11) is -3.26. The van der Waals surface area contributed by atoms with Crippen molar-refractivity contribution in [2.75, 3.05) is 6.26 Å². The van der Waals surface area contributed by atoms with Gasteiger partial charge in [0, 0.05) is 6.26 Å². The van der Waals surface area contributed by atoms with Crippen molar-refractivity contribution in [3.63, 3.8) is 0 Å². The molecule has 0 bridgehead atoms. The molecular formula is C14H11Cl3O2S. The van der Waals surface area contributed by atoms with Gasteiger partial charge in [0.1, 0.15) is 0 Å². The van der Waals surface area contributed by atoms with E-state index in [-0.39, 0.29) is 4.90 Å². The summed E-state index contributed by atoms with van der Waals surface area (Å²) >= 11 is 18.2. The van der Waals surface area contributed by atoms with Crippen LogP contribution in [-0.2, 0) is 9.84 Å². The summed E-state index contributed by atoms with van der Waals surface area (Å²) in [6.45, 7) is 0. The maximum atomic E-state index is 11.6. The number of rotatable bonds is 3. The van der Waals surface area contributed by atoms with Crippen molar-refractivity contribution in [2.24, 2.45) is 0 Å². The third-order valence-electron chi connectivity index (χ3n) is 2.82. The van der Waals surface area contributed by atoms with Crippen LogP contribution in [0.2, 0.25) is 10.0 Å². The van der Waals surface area contributed by atoms with Crippen molar-refractivity contribution in [1.82, 2.24) is 0 Å². The molecule has 2 rings (SSSR count). The molecule has 0 fully saturated rings. The van der Waals surface area contributed by atoms with Gasteiger partial charge in [-0.15, -0.1) is 11.6 Å². The van der Waals surface area contributed by atoms with E-state index in [1.165, 1.54) is 6.07 Å². The van der Waals surface area contributed by atoms with Crippen LogP contribution in [0, 0.1) is 0 Å². The zero-order valence-electron chi connectivity index (χ0n) is 10.5. The Balaban J connectivity index is 2.43. The Bertz CT molecular complexity index is 742. The average Bonchev–Trinajstić information content (AvgIpc) is 2.40. The molecule has 0 amide bonds. The van der Waals surface area contributed by atoms with Crippen molar-refractivity contribution < 1.29 is 8.42 Å². The van der Waals surface area contributed by atoms with E-state index in [1.807, 2.05) is 0 Å². The highest BCUT2D eigenvalue weighted by molar-refractivity contribution is 7.90. The first-order valence-corrected chi connectivity index (χ1v) is 8.76. The van der Waals surface area contributed by atoms with E-state index in [2.05, 4.69) is 0 Å². The van der Waals surface area contributed by atoms with Crippen LogP contribution >= 0.6 is 34.8 Å². The van der Waals surface area contributed by atoms with Crippen LogP contribution in [0.4, 0.5) is 0 Å². The monoisotopic (exact) mass is 348 g/mol. The van der Waals surface area contributed by atoms with E-state index in [4.69, 9.17) is 34.8 Å². The third-order valence-corrected chi connectivity index (χ3v) is 5.17. The first kappa shape index (κ1) is 15.6. The Labute approximate surface area is 133 Å². The van der Waals surface area contributed by atoms with Crippen LogP contribution in [0.15, 0.2) is 47.4 Å². The summed E-state index contributed by atoms with van der Waals surface area (Å²) in [5.41, 5.74) is 1.44. The van der Waals surface area contributed by atoms with Crippen molar-refractivity contribution >= 4 is 44.6 Å². The zero-order valence-corrected chi connectivity index (χ0v) is 13.6. The molecule has 0 radical (unpaired) electrons. The molecule has 106 valence electrons. The lowest BCUT2D eigenvalue weighted by Crippen LogP contribution is -2.00. The quantitative estimate of drug-likeness (QED) is 0.751. The van der Waals surface area contributed by atoms with Crippen LogP contribution in [0.3, 0.4) is 0 Å². The van der Waals surface area contributed by atoms with Crippen molar-refractivity contribution in [3.8, 4) is 0 Å². The number of hydrogen-bond acceptors (Lipinski definition) is 2. The van der Waals surface area contributed by atoms with Crippen LogP contribution < -0.4 is 0 Å². The van der Waals surface area contributed by atoms with Gasteiger partial charge in [0.2, 0.25) is 0 Å². The Morgan fingerprint density at radius 1 is 0.950 bits per heavy atom. The Hall–Kier alpha value is -0.740. The second-order valence-electron chi connectivity index (χ2n) is 4.38. The van der Waals surface area contributed by atoms with E-state index < -0.39 is 15.2 Å². The van der Waals surface area contributed by atoms with Crippen molar-refractivity contribution in [3.05, 3.63) is 63.6 Å². The molecule has 2 nitrogen and oxygen atoms in total. The number of benzene rings is 2. The molecule has 1 unspecified atom stereocenters. The molecule has 0 N–H and O–H groups in total. The minimum Gasteiger partial charge on any atom is -0.224 e. The standard InChI is InChI=1S/C14H11Cl3O2S/c1-20(18,19)11-4-2-3-9(7-11)14(17)10-5-6-12(15)13(16)8-10/h2-8,14H,1H3. The van der Waals surface area contributed by atoms with E-state index in [9.17, 15) is 8.42 Å². The maximum absolute atomic E-state index is 11.6. The van der Waals surface area contributed by atoms with Gasteiger partial charge < -0.3 is 0 Å². The lowest BCUT2D eigenvalue weighted by atomic mass is 10.0. The molecule has 0 aromatic heterocycles. The van der Waals surface area contributed by atoms with Gasteiger partial charge in [-0.25, -0.2) is 8.42 Å².